The van der Waals surface area contributed by atoms with E-state index >= 15 is 0 Å². The van der Waals surface area contributed by atoms with Crippen LogP contribution in [0.25, 0.3) is 0 Å². The fourth-order valence-electron chi connectivity index (χ4n) is 2.56. The predicted molar refractivity (Wildman–Crippen MR) is 77.9 cm³/mol. The van der Waals surface area contributed by atoms with E-state index in [0.717, 1.165) is 25.5 Å². The van der Waals surface area contributed by atoms with Crippen LogP contribution in [0.5, 0.6) is 0 Å². The Morgan fingerprint density at radius 3 is 2.61 bits per heavy atom. The summed E-state index contributed by atoms with van der Waals surface area (Å²) >= 11 is 1.95. The van der Waals surface area contributed by atoms with Gasteiger partial charge in [-0.1, -0.05) is 0 Å². The first-order chi connectivity index (χ1) is 8.69. The van der Waals surface area contributed by atoms with Gasteiger partial charge in [-0.3, -0.25) is 0 Å². The lowest BCUT2D eigenvalue weighted by atomic mass is 9.96. The fraction of sp³-hybridized carbons (Fsp3) is 0.769. The van der Waals surface area contributed by atoms with E-state index < -0.39 is 0 Å². The van der Waals surface area contributed by atoms with Crippen molar-refractivity contribution in [2.24, 2.45) is 5.73 Å². The first kappa shape index (κ1) is 13.9. The molecule has 2 N–H and O–H groups in total. The van der Waals surface area contributed by atoms with Gasteiger partial charge in [0.15, 0.2) is 0 Å². The lowest BCUT2D eigenvalue weighted by molar-refractivity contribution is 0.195. The highest BCUT2D eigenvalue weighted by Crippen LogP contribution is 2.33. The topological polar surface area (TPSA) is 47.1 Å². The van der Waals surface area contributed by atoms with Crippen LogP contribution in [0.2, 0.25) is 0 Å². The molecule has 0 spiro atoms. The zero-order chi connectivity index (χ0) is 13.0. The highest BCUT2D eigenvalue weighted by molar-refractivity contribution is 8.00. The van der Waals surface area contributed by atoms with Crippen molar-refractivity contribution >= 4 is 11.8 Å². The Balaban J connectivity index is 1.79. The molecule has 1 fully saturated rings. The van der Waals surface area contributed by atoms with Crippen LogP contribution < -0.4 is 5.73 Å². The van der Waals surface area contributed by atoms with Gasteiger partial charge in [0.2, 0.25) is 0 Å². The van der Waals surface area contributed by atoms with Crippen LogP contribution in [-0.2, 0) is 6.54 Å². The summed E-state index contributed by atoms with van der Waals surface area (Å²) in [5.41, 5.74) is 5.91. The molecule has 2 rings (SSSR count). The molecule has 1 aliphatic heterocycles. The van der Waals surface area contributed by atoms with E-state index in [1.165, 1.54) is 25.9 Å². The fourth-order valence-corrected chi connectivity index (χ4v) is 3.32. The summed E-state index contributed by atoms with van der Waals surface area (Å²) in [4.78, 5) is 6.80. The smallest absolute Gasteiger partial charge is 0.105 e. The summed E-state index contributed by atoms with van der Waals surface area (Å²) < 4.78 is 2.56. The van der Waals surface area contributed by atoms with Gasteiger partial charge in [-0.05, 0) is 39.1 Å². The number of aryl methyl sites for hydroxylation is 1. The average Bonchev–Trinajstić information content (AvgIpc) is 2.83. The van der Waals surface area contributed by atoms with E-state index in [1.54, 1.807) is 0 Å². The molecule has 0 aromatic carbocycles. The zero-order valence-corrected chi connectivity index (χ0v) is 12.2. The Morgan fingerprint density at radius 2 is 2.11 bits per heavy atom. The third-order valence-corrected chi connectivity index (χ3v) is 5.59. The maximum absolute atomic E-state index is 5.91. The highest BCUT2D eigenvalue weighted by atomic mass is 32.2. The Bertz CT molecular complexity index is 363. The number of nitrogens with two attached hydrogens (primary N) is 1. The number of rotatable bonds is 5. The number of nitrogens with zero attached hydrogens (tertiary/aromatic N) is 3. The number of aromatic nitrogens is 2. The summed E-state index contributed by atoms with van der Waals surface area (Å²) in [6.45, 7) is 7.37. The third kappa shape index (κ3) is 3.08. The van der Waals surface area contributed by atoms with Crippen molar-refractivity contribution in [1.82, 2.24) is 14.5 Å². The van der Waals surface area contributed by atoms with Crippen LogP contribution in [0, 0.1) is 6.92 Å². The molecule has 1 saturated heterocycles. The molecule has 1 aromatic heterocycles. The summed E-state index contributed by atoms with van der Waals surface area (Å²) in [7, 11) is 0. The SMILES string of the molecule is CSC1(CN)CCN(CCn2ccnc2C)CC1. The predicted octanol–water partition coefficient (Wildman–Crippen LogP) is 1.35. The molecule has 102 valence electrons. The summed E-state index contributed by atoms with van der Waals surface area (Å²) in [5.74, 6) is 1.10. The Kier molecular flexibility index (Phi) is 4.70. The number of hydrogen-bond acceptors (Lipinski definition) is 4. The molecule has 0 saturated carbocycles. The number of likely N-dealkylation sites (tertiary alicyclic amines) is 1. The largest absolute Gasteiger partial charge is 0.334 e. The lowest BCUT2D eigenvalue weighted by Crippen LogP contribution is -2.47. The van der Waals surface area contributed by atoms with E-state index in [9.17, 15) is 0 Å². The average molecular weight is 268 g/mol. The first-order valence-corrected chi connectivity index (χ1v) is 7.87. The zero-order valence-electron chi connectivity index (χ0n) is 11.4. The number of piperidine rings is 1. The van der Waals surface area contributed by atoms with Gasteiger partial charge in [0, 0.05) is 36.8 Å². The van der Waals surface area contributed by atoms with Gasteiger partial charge < -0.3 is 15.2 Å². The van der Waals surface area contributed by atoms with E-state index in [2.05, 4.69) is 33.8 Å². The van der Waals surface area contributed by atoms with Gasteiger partial charge in [-0.2, -0.15) is 11.8 Å². The van der Waals surface area contributed by atoms with Crippen LogP contribution in [0.1, 0.15) is 18.7 Å². The van der Waals surface area contributed by atoms with Gasteiger partial charge in [-0.15, -0.1) is 0 Å². The Hall–Kier alpha value is -0.520. The number of hydrogen-bond donors (Lipinski definition) is 1. The Morgan fingerprint density at radius 1 is 1.39 bits per heavy atom. The van der Waals surface area contributed by atoms with Crippen molar-refractivity contribution in [2.45, 2.75) is 31.1 Å². The molecule has 5 heteroatoms. The van der Waals surface area contributed by atoms with Crippen molar-refractivity contribution in [1.29, 1.82) is 0 Å². The number of imidazole rings is 1. The molecular formula is C13H24N4S. The molecule has 0 atom stereocenters. The van der Waals surface area contributed by atoms with Crippen molar-refractivity contribution < 1.29 is 0 Å². The van der Waals surface area contributed by atoms with Gasteiger partial charge >= 0.3 is 0 Å². The molecule has 1 aliphatic rings. The monoisotopic (exact) mass is 268 g/mol. The van der Waals surface area contributed by atoms with Crippen LogP contribution in [0.4, 0.5) is 0 Å². The van der Waals surface area contributed by atoms with Crippen molar-refractivity contribution in [2.75, 3.05) is 32.4 Å². The van der Waals surface area contributed by atoms with E-state index in [0.29, 0.717) is 4.75 Å². The van der Waals surface area contributed by atoms with Crippen molar-refractivity contribution in [3.05, 3.63) is 18.2 Å². The highest BCUT2D eigenvalue weighted by Gasteiger charge is 2.32. The quantitative estimate of drug-likeness (QED) is 0.875. The van der Waals surface area contributed by atoms with Gasteiger partial charge in [0.1, 0.15) is 5.82 Å². The minimum Gasteiger partial charge on any atom is -0.334 e. The summed E-state index contributed by atoms with van der Waals surface area (Å²) in [6, 6.07) is 0. The van der Waals surface area contributed by atoms with Crippen LogP contribution in [0.3, 0.4) is 0 Å². The molecule has 18 heavy (non-hydrogen) atoms. The van der Waals surface area contributed by atoms with Gasteiger partial charge in [0.05, 0.1) is 0 Å². The standard InChI is InChI=1S/C13H24N4S/c1-12-15-5-8-17(12)10-9-16-6-3-13(11-14,18-2)4-7-16/h5,8H,3-4,6-7,9-11,14H2,1-2H3. The van der Waals surface area contributed by atoms with E-state index in [4.69, 9.17) is 5.73 Å². The summed E-state index contributed by atoms with van der Waals surface area (Å²) in [5, 5.41) is 0. The number of thioether (sulfide) groups is 1. The second kappa shape index (κ2) is 6.08. The molecule has 0 unspecified atom stereocenters. The van der Waals surface area contributed by atoms with E-state index in [-0.39, 0.29) is 0 Å². The van der Waals surface area contributed by atoms with Crippen LogP contribution >= 0.6 is 11.8 Å². The molecule has 0 amide bonds. The van der Waals surface area contributed by atoms with E-state index in [1.807, 2.05) is 18.0 Å². The molecule has 4 nitrogen and oxygen atoms in total. The first-order valence-electron chi connectivity index (χ1n) is 6.64. The van der Waals surface area contributed by atoms with Crippen LogP contribution in [-0.4, -0.2) is 51.6 Å². The molecule has 0 aliphatic carbocycles. The summed E-state index contributed by atoms with van der Waals surface area (Å²) in [6.07, 6.45) is 8.56. The van der Waals surface area contributed by atoms with Crippen molar-refractivity contribution in [3.8, 4) is 0 Å². The van der Waals surface area contributed by atoms with Crippen LogP contribution in [0.15, 0.2) is 12.4 Å². The minimum absolute atomic E-state index is 0.335. The third-order valence-electron chi connectivity index (χ3n) is 4.15. The molecule has 1 aromatic rings. The molecular weight excluding hydrogens is 244 g/mol. The van der Waals surface area contributed by atoms with Gasteiger partial charge in [-0.25, -0.2) is 4.98 Å². The molecule has 0 bridgehead atoms. The van der Waals surface area contributed by atoms with Gasteiger partial charge in [0.25, 0.3) is 0 Å². The molecule has 2 heterocycles. The minimum atomic E-state index is 0.335. The normalized spacial score (nSPS) is 20.2. The Labute approximate surface area is 114 Å². The second-order valence-electron chi connectivity index (χ2n) is 5.10. The lowest BCUT2D eigenvalue weighted by Gasteiger charge is -2.40. The van der Waals surface area contributed by atoms with Crippen molar-refractivity contribution in [3.63, 3.8) is 0 Å². The second-order valence-corrected chi connectivity index (χ2v) is 6.38. The molecule has 0 radical (unpaired) electrons. The maximum Gasteiger partial charge on any atom is 0.105 e. The maximum atomic E-state index is 5.91.